The maximum absolute atomic E-state index is 13.3. The van der Waals surface area contributed by atoms with Crippen LogP contribution in [-0.4, -0.2) is 28.7 Å². The van der Waals surface area contributed by atoms with Gasteiger partial charge in [-0.1, -0.05) is 84.9 Å². The molecule has 0 spiro atoms. The minimum absolute atomic E-state index is 0.160. The highest BCUT2D eigenvalue weighted by Crippen LogP contribution is 2.28. The molecule has 0 saturated carbocycles. The van der Waals surface area contributed by atoms with Crippen molar-refractivity contribution in [2.24, 2.45) is 0 Å². The Kier molecular flexibility index (Phi) is 5.75. The van der Waals surface area contributed by atoms with Crippen LogP contribution in [0.4, 0.5) is 0 Å². The van der Waals surface area contributed by atoms with Crippen LogP contribution in [-0.2, 0) is 11.2 Å². The first-order valence-corrected chi connectivity index (χ1v) is 11.0. The van der Waals surface area contributed by atoms with E-state index in [2.05, 4.69) is 0 Å². The number of amides is 2. The fourth-order valence-electron chi connectivity index (χ4n) is 4.14. The van der Waals surface area contributed by atoms with Gasteiger partial charge in [-0.05, 0) is 41.0 Å². The molecule has 2 amide bonds. The van der Waals surface area contributed by atoms with Crippen molar-refractivity contribution < 1.29 is 19.1 Å². The summed E-state index contributed by atoms with van der Waals surface area (Å²) in [6.45, 7) is 0. The molecule has 0 fully saturated rings. The lowest BCUT2D eigenvalue weighted by Gasteiger charge is -2.24. The van der Waals surface area contributed by atoms with E-state index in [4.69, 9.17) is 4.74 Å². The van der Waals surface area contributed by atoms with E-state index in [1.165, 1.54) is 0 Å². The van der Waals surface area contributed by atoms with E-state index in [0.29, 0.717) is 16.9 Å². The van der Waals surface area contributed by atoms with Gasteiger partial charge in [0.05, 0.1) is 11.1 Å². The van der Waals surface area contributed by atoms with Crippen LogP contribution < -0.4 is 4.74 Å². The normalized spacial score (nSPS) is 13.5. The third kappa shape index (κ3) is 4.11. The molecule has 4 aromatic rings. The van der Waals surface area contributed by atoms with Crippen LogP contribution in [0.15, 0.2) is 109 Å². The van der Waals surface area contributed by atoms with Crippen molar-refractivity contribution in [2.45, 2.75) is 12.5 Å². The number of hydrogen-bond acceptors (Lipinski definition) is 4. The molecule has 1 heterocycles. The lowest BCUT2D eigenvalue weighted by Crippen LogP contribution is -2.48. The summed E-state index contributed by atoms with van der Waals surface area (Å²) in [6, 6.07) is 31.8. The molecular formula is C29H21NO4. The van der Waals surface area contributed by atoms with Gasteiger partial charge in [0.1, 0.15) is 11.8 Å². The SMILES string of the molecule is O=C(Oc1ccc(-c2ccccc2)cc1)[C@@H](Cc1ccccc1)N1C(=O)c2ccccc2C1=O. The van der Waals surface area contributed by atoms with Crippen molar-refractivity contribution in [3.63, 3.8) is 0 Å². The van der Waals surface area contributed by atoms with Gasteiger partial charge >= 0.3 is 5.97 Å². The molecule has 1 atom stereocenters. The van der Waals surface area contributed by atoms with Gasteiger partial charge in [-0.15, -0.1) is 0 Å². The molecule has 5 nitrogen and oxygen atoms in total. The Balaban J connectivity index is 1.42. The Bertz CT molecular complexity index is 1310. The number of nitrogens with zero attached hydrogens (tertiary/aromatic N) is 1. The Morgan fingerprint density at radius 2 is 1.15 bits per heavy atom. The second kappa shape index (κ2) is 9.16. The van der Waals surface area contributed by atoms with Crippen molar-refractivity contribution >= 4 is 17.8 Å². The predicted molar refractivity (Wildman–Crippen MR) is 128 cm³/mol. The number of imide groups is 1. The Hall–Kier alpha value is -4.51. The van der Waals surface area contributed by atoms with Crippen molar-refractivity contribution in [2.75, 3.05) is 0 Å². The van der Waals surface area contributed by atoms with E-state index >= 15 is 0 Å². The minimum atomic E-state index is -1.09. The lowest BCUT2D eigenvalue weighted by atomic mass is 10.0. The van der Waals surface area contributed by atoms with E-state index < -0.39 is 23.8 Å². The Morgan fingerprint density at radius 3 is 1.74 bits per heavy atom. The quantitative estimate of drug-likeness (QED) is 0.233. The molecule has 0 bridgehead atoms. The van der Waals surface area contributed by atoms with Crippen molar-refractivity contribution in [3.8, 4) is 16.9 Å². The predicted octanol–water partition coefficient (Wildman–Crippen LogP) is 5.17. The molecule has 0 aromatic heterocycles. The van der Waals surface area contributed by atoms with E-state index in [-0.39, 0.29) is 6.42 Å². The van der Waals surface area contributed by atoms with Crippen LogP contribution in [0, 0.1) is 0 Å². The molecule has 5 rings (SSSR count). The van der Waals surface area contributed by atoms with Crippen LogP contribution in [0.5, 0.6) is 5.75 Å². The van der Waals surface area contributed by atoms with E-state index in [0.717, 1.165) is 21.6 Å². The number of rotatable bonds is 6. The lowest BCUT2D eigenvalue weighted by molar-refractivity contribution is -0.138. The number of esters is 1. The summed E-state index contributed by atoms with van der Waals surface area (Å²) in [6.07, 6.45) is 0.160. The monoisotopic (exact) mass is 447 g/mol. The molecule has 5 heteroatoms. The van der Waals surface area contributed by atoms with Crippen LogP contribution >= 0.6 is 0 Å². The molecule has 0 aliphatic carbocycles. The van der Waals surface area contributed by atoms with Gasteiger partial charge < -0.3 is 4.74 Å². The smallest absolute Gasteiger partial charge is 0.335 e. The van der Waals surface area contributed by atoms with E-state index in [9.17, 15) is 14.4 Å². The van der Waals surface area contributed by atoms with Crippen molar-refractivity contribution in [1.29, 1.82) is 0 Å². The minimum Gasteiger partial charge on any atom is -0.425 e. The number of fused-ring (bicyclic) bond motifs is 1. The fraction of sp³-hybridized carbons (Fsp3) is 0.0690. The highest BCUT2D eigenvalue weighted by molar-refractivity contribution is 6.22. The van der Waals surface area contributed by atoms with Crippen LogP contribution in [0.1, 0.15) is 26.3 Å². The summed E-state index contributed by atoms with van der Waals surface area (Å²) < 4.78 is 5.66. The van der Waals surface area contributed by atoms with Gasteiger partial charge in [0.25, 0.3) is 11.8 Å². The molecule has 0 radical (unpaired) electrons. The first kappa shape index (κ1) is 21.3. The van der Waals surface area contributed by atoms with E-state index in [1.807, 2.05) is 72.8 Å². The van der Waals surface area contributed by atoms with Gasteiger partial charge in [-0.2, -0.15) is 0 Å². The molecule has 166 valence electrons. The number of carbonyl (C=O) groups excluding carboxylic acids is 3. The number of carbonyl (C=O) groups is 3. The van der Waals surface area contributed by atoms with Gasteiger partial charge in [0.15, 0.2) is 0 Å². The summed E-state index contributed by atoms with van der Waals surface area (Å²) in [4.78, 5) is 40.5. The number of hydrogen-bond donors (Lipinski definition) is 0. The van der Waals surface area contributed by atoms with Gasteiger partial charge in [0, 0.05) is 6.42 Å². The Labute approximate surface area is 197 Å². The van der Waals surface area contributed by atoms with Crippen LogP contribution in [0.2, 0.25) is 0 Å². The van der Waals surface area contributed by atoms with E-state index in [1.54, 1.807) is 36.4 Å². The topological polar surface area (TPSA) is 63.7 Å². The van der Waals surface area contributed by atoms with Crippen LogP contribution in [0.25, 0.3) is 11.1 Å². The van der Waals surface area contributed by atoms with Crippen LogP contribution in [0.3, 0.4) is 0 Å². The second-order valence-corrected chi connectivity index (χ2v) is 8.04. The molecule has 1 aliphatic heterocycles. The highest BCUT2D eigenvalue weighted by Gasteiger charge is 2.43. The maximum Gasteiger partial charge on any atom is 0.335 e. The van der Waals surface area contributed by atoms with Gasteiger partial charge in [0.2, 0.25) is 0 Å². The standard InChI is InChI=1S/C29H21NO4/c31-27-24-13-7-8-14-25(24)28(32)30(27)26(19-20-9-3-1-4-10-20)29(33)34-23-17-15-22(16-18-23)21-11-5-2-6-12-21/h1-18,26H,19H2/t26-/m1/s1. The summed E-state index contributed by atoms with van der Waals surface area (Å²) in [7, 11) is 0. The molecular weight excluding hydrogens is 426 g/mol. The van der Waals surface area contributed by atoms with Crippen molar-refractivity contribution in [1.82, 2.24) is 4.90 Å². The van der Waals surface area contributed by atoms with Gasteiger partial charge in [-0.3, -0.25) is 14.5 Å². The highest BCUT2D eigenvalue weighted by atomic mass is 16.5. The van der Waals surface area contributed by atoms with Crippen molar-refractivity contribution in [3.05, 3.63) is 126 Å². The third-order valence-corrected chi connectivity index (χ3v) is 5.86. The zero-order chi connectivity index (χ0) is 23.5. The molecule has 0 unspecified atom stereocenters. The zero-order valence-electron chi connectivity index (χ0n) is 18.3. The summed E-state index contributed by atoms with van der Waals surface area (Å²) >= 11 is 0. The molecule has 1 aliphatic rings. The second-order valence-electron chi connectivity index (χ2n) is 8.04. The Morgan fingerprint density at radius 1 is 0.647 bits per heavy atom. The average molecular weight is 447 g/mol. The summed E-state index contributed by atoms with van der Waals surface area (Å²) in [5.74, 6) is -1.29. The van der Waals surface area contributed by atoms with Gasteiger partial charge in [-0.25, -0.2) is 4.79 Å². The zero-order valence-corrected chi connectivity index (χ0v) is 18.3. The molecule has 4 aromatic carbocycles. The molecule has 0 saturated heterocycles. The molecule has 0 N–H and O–H groups in total. The maximum atomic E-state index is 13.3. The summed E-state index contributed by atoms with van der Waals surface area (Å²) in [5.41, 5.74) is 3.45. The number of ether oxygens (including phenoxy) is 1. The fourth-order valence-corrected chi connectivity index (χ4v) is 4.14. The number of benzene rings is 4. The largest absolute Gasteiger partial charge is 0.425 e. The third-order valence-electron chi connectivity index (χ3n) is 5.86. The molecule has 34 heavy (non-hydrogen) atoms. The first-order chi connectivity index (χ1) is 16.6. The average Bonchev–Trinajstić information content (AvgIpc) is 3.14. The first-order valence-electron chi connectivity index (χ1n) is 11.0. The summed E-state index contributed by atoms with van der Waals surface area (Å²) in [5, 5.41) is 0.